The van der Waals surface area contributed by atoms with E-state index in [9.17, 15) is 5.11 Å². The van der Waals surface area contributed by atoms with E-state index in [0.717, 1.165) is 23.7 Å². The summed E-state index contributed by atoms with van der Waals surface area (Å²) in [6.07, 6.45) is 6.88. The summed E-state index contributed by atoms with van der Waals surface area (Å²) in [4.78, 5) is 0. The van der Waals surface area contributed by atoms with Crippen molar-refractivity contribution in [3.63, 3.8) is 0 Å². The molecule has 16 heavy (non-hydrogen) atoms. The average molecular weight is 219 g/mol. The minimum atomic E-state index is 0.119. The molecule has 0 atom stereocenters. The molecule has 2 rings (SSSR count). The second-order valence-electron chi connectivity index (χ2n) is 4.70. The van der Waals surface area contributed by atoms with E-state index in [0.29, 0.717) is 0 Å². The van der Waals surface area contributed by atoms with Crippen LogP contribution in [0, 0.1) is 5.92 Å². The maximum absolute atomic E-state index is 9.22. The van der Waals surface area contributed by atoms with Gasteiger partial charge in [0.05, 0.1) is 6.61 Å². The second kappa shape index (κ2) is 5.90. The number of para-hydroxylation sites is 1. The molecule has 1 aromatic rings. The van der Waals surface area contributed by atoms with Crippen molar-refractivity contribution in [1.29, 1.82) is 0 Å². The zero-order valence-electron chi connectivity index (χ0n) is 9.78. The first-order valence-electron chi connectivity index (χ1n) is 6.33. The molecule has 0 bridgehead atoms. The van der Waals surface area contributed by atoms with Crippen molar-refractivity contribution in [2.45, 2.75) is 38.7 Å². The predicted molar refractivity (Wildman–Crippen MR) is 67.4 cm³/mol. The van der Waals surface area contributed by atoms with Crippen molar-refractivity contribution in [3.8, 4) is 0 Å². The van der Waals surface area contributed by atoms with Crippen molar-refractivity contribution in [2.75, 3.05) is 11.9 Å². The summed E-state index contributed by atoms with van der Waals surface area (Å²) >= 11 is 0. The van der Waals surface area contributed by atoms with Gasteiger partial charge in [0.25, 0.3) is 0 Å². The van der Waals surface area contributed by atoms with E-state index >= 15 is 0 Å². The third kappa shape index (κ3) is 2.99. The zero-order chi connectivity index (χ0) is 11.2. The maximum Gasteiger partial charge on any atom is 0.0701 e. The molecule has 0 saturated heterocycles. The van der Waals surface area contributed by atoms with E-state index in [1.54, 1.807) is 0 Å². The first-order valence-corrected chi connectivity index (χ1v) is 6.33. The molecule has 2 nitrogen and oxygen atoms in total. The van der Waals surface area contributed by atoms with Gasteiger partial charge in [-0.15, -0.1) is 0 Å². The van der Waals surface area contributed by atoms with E-state index in [1.165, 1.54) is 32.1 Å². The van der Waals surface area contributed by atoms with Gasteiger partial charge in [-0.3, -0.25) is 0 Å². The summed E-state index contributed by atoms with van der Waals surface area (Å²) in [5, 5.41) is 12.7. The highest BCUT2D eigenvalue weighted by Crippen LogP contribution is 2.24. The fourth-order valence-electron chi connectivity index (χ4n) is 2.48. The Morgan fingerprint density at radius 2 is 1.88 bits per heavy atom. The maximum atomic E-state index is 9.22. The molecule has 1 fully saturated rings. The quantitative estimate of drug-likeness (QED) is 0.815. The molecular weight excluding hydrogens is 198 g/mol. The lowest BCUT2D eigenvalue weighted by atomic mass is 9.89. The first-order chi connectivity index (χ1) is 7.90. The number of nitrogens with one attached hydrogen (secondary N) is 1. The Kier molecular flexibility index (Phi) is 4.23. The van der Waals surface area contributed by atoms with Crippen LogP contribution in [0.15, 0.2) is 24.3 Å². The summed E-state index contributed by atoms with van der Waals surface area (Å²) in [6.45, 7) is 1.17. The van der Waals surface area contributed by atoms with Crippen LogP contribution in [0.5, 0.6) is 0 Å². The zero-order valence-corrected chi connectivity index (χ0v) is 9.78. The molecule has 1 aliphatic carbocycles. The van der Waals surface area contributed by atoms with Crippen molar-refractivity contribution in [1.82, 2.24) is 0 Å². The standard InChI is InChI=1S/C14H21NO/c16-11-13-8-4-5-9-14(13)15-10-12-6-2-1-3-7-12/h4-5,8-9,12,15-16H,1-3,6-7,10-11H2. The van der Waals surface area contributed by atoms with Crippen molar-refractivity contribution >= 4 is 5.69 Å². The van der Waals surface area contributed by atoms with Crippen LogP contribution in [-0.2, 0) is 6.61 Å². The molecular formula is C14H21NO. The highest BCUT2D eigenvalue weighted by Gasteiger charge is 2.13. The molecule has 88 valence electrons. The molecule has 1 saturated carbocycles. The molecule has 2 heteroatoms. The van der Waals surface area contributed by atoms with Crippen LogP contribution in [0.25, 0.3) is 0 Å². The Labute approximate surface area is 97.7 Å². The number of hydrogen-bond acceptors (Lipinski definition) is 2. The lowest BCUT2D eigenvalue weighted by Crippen LogP contribution is -2.17. The molecule has 2 N–H and O–H groups in total. The van der Waals surface area contributed by atoms with Crippen molar-refractivity contribution in [3.05, 3.63) is 29.8 Å². The van der Waals surface area contributed by atoms with E-state index in [-0.39, 0.29) is 6.61 Å². The van der Waals surface area contributed by atoms with Crippen LogP contribution >= 0.6 is 0 Å². The third-order valence-electron chi connectivity index (χ3n) is 3.49. The number of benzene rings is 1. The highest BCUT2D eigenvalue weighted by atomic mass is 16.3. The molecule has 0 aliphatic heterocycles. The number of hydrogen-bond donors (Lipinski definition) is 2. The minimum absolute atomic E-state index is 0.119. The highest BCUT2D eigenvalue weighted by molar-refractivity contribution is 5.50. The summed E-state index contributed by atoms with van der Waals surface area (Å²) in [7, 11) is 0. The lowest BCUT2D eigenvalue weighted by molar-refractivity contribution is 0.282. The Bertz CT molecular complexity index is 318. The van der Waals surface area contributed by atoms with Gasteiger partial charge in [0.1, 0.15) is 0 Å². The molecule has 0 aromatic heterocycles. The van der Waals surface area contributed by atoms with Gasteiger partial charge in [0, 0.05) is 17.8 Å². The van der Waals surface area contributed by atoms with Crippen LogP contribution in [-0.4, -0.2) is 11.7 Å². The number of aliphatic hydroxyl groups is 1. The third-order valence-corrected chi connectivity index (χ3v) is 3.49. The van der Waals surface area contributed by atoms with Gasteiger partial charge in [-0.2, -0.15) is 0 Å². The summed E-state index contributed by atoms with van der Waals surface area (Å²) in [6, 6.07) is 8.01. The molecule has 1 aromatic carbocycles. The van der Waals surface area contributed by atoms with Crippen LogP contribution in [0.4, 0.5) is 5.69 Å². The largest absolute Gasteiger partial charge is 0.392 e. The van der Waals surface area contributed by atoms with E-state index < -0.39 is 0 Å². The molecule has 0 amide bonds. The van der Waals surface area contributed by atoms with E-state index in [1.807, 2.05) is 24.3 Å². The fourth-order valence-corrected chi connectivity index (χ4v) is 2.48. The minimum Gasteiger partial charge on any atom is -0.392 e. The second-order valence-corrected chi connectivity index (χ2v) is 4.70. The first kappa shape index (κ1) is 11.5. The Hall–Kier alpha value is -1.02. The van der Waals surface area contributed by atoms with E-state index in [4.69, 9.17) is 0 Å². The van der Waals surface area contributed by atoms with Gasteiger partial charge in [-0.25, -0.2) is 0 Å². The van der Waals surface area contributed by atoms with Crippen molar-refractivity contribution in [2.24, 2.45) is 5.92 Å². The van der Waals surface area contributed by atoms with Crippen molar-refractivity contribution < 1.29 is 5.11 Å². The molecule has 0 heterocycles. The normalized spacial score (nSPS) is 17.3. The van der Waals surface area contributed by atoms with Crippen LogP contribution in [0.3, 0.4) is 0 Å². The summed E-state index contributed by atoms with van der Waals surface area (Å²) in [5.74, 6) is 0.820. The monoisotopic (exact) mass is 219 g/mol. The van der Waals surface area contributed by atoms with Gasteiger partial charge >= 0.3 is 0 Å². The molecule has 0 radical (unpaired) electrons. The summed E-state index contributed by atoms with van der Waals surface area (Å²) in [5.41, 5.74) is 2.09. The van der Waals surface area contributed by atoms with Gasteiger partial charge < -0.3 is 10.4 Å². The predicted octanol–water partition coefficient (Wildman–Crippen LogP) is 3.17. The van der Waals surface area contributed by atoms with Gasteiger partial charge in [0.15, 0.2) is 0 Å². The van der Waals surface area contributed by atoms with Gasteiger partial charge in [-0.1, -0.05) is 37.5 Å². The average Bonchev–Trinajstić information content (AvgIpc) is 2.38. The molecule has 0 unspecified atom stereocenters. The Morgan fingerprint density at radius 3 is 2.62 bits per heavy atom. The van der Waals surface area contributed by atoms with Crippen LogP contribution < -0.4 is 5.32 Å². The number of aliphatic hydroxyl groups excluding tert-OH is 1. The smallest absolute Gasteiger partial charge is 0.0701 e. The number of rotatable bonds is 4. The topological polar surface area (TPSA) is 32.3 Å². The van der Waals surface area contributed by atoms with Crippen LogP contribution in [0.2, 0.25) is 0 Å². The fraction of sp³-hybridized carbons (Fsp3) is 0.571. The van der Waals surface area contributed by atoms with E-state index in [2.05, 4.69) is 5.32 Å². The van der Waals surface area contributed by atoms with Gasteiger partial charge in [0.2, 0.25) is 0 Å². The SMILES string of the molecule is OCc1ccccc1NCC1CCCCC1. The molecule has 0 spiro atoms. The Morgan fingerprint density at radius 1 is 1.12 bits per heavy atom. The molecule has 1 aliphatic rings. The van der Waals surface area contributed by atoms with Gasteiger partial charge in [-0.05, 0) is 24.8 Å². The number of anilines is 1. The van der Waals surface area contributed by atoms with Crippen LogP contribution in [0.1, 0.15) is 37.7 Å². The Balaban J connectivity index is 1.88. The lowest BCUT2D eigenvalue weighted by Gasteiger charge is -2.22. The summed E-state index contributed by atoms with van der Waals surface area (Å²) < 4.78 is 0.